The van der Waals surface area contributed by atoms with E-state index >= 15 is 0 Å². The number of aryl methyl sites for hydroxylation is 3. The lowest BCUT2D eigenvalue weighted by atomic mass is 10.1. The van der Waals surface area contributed by atoms with Gasteiger partial charge in [-0.25, -0.2) is 19.3 Å². The summed E-state index contributed by atoms with van der Waals surface area (Å²) in [7, 11) is 1.88. The zero-order chi connectivity index (χ0) is 29.4. The van der Waals surface area contributed by atoms with Gasteiger partial charge in [-0.2, -0.15) is 10.1 Å². The molecule has 13 nitrogen and oxygen atoms in total. The standard InChI is InChI=1S/C28H30FN11O2/c1-15-10-32-27(35-22-9-16(2)39(3)38-22)36-24(15)19-11-31-25-18(19)5-4-6-21(25)34-23(41)14-40-8-7-17(13-40)42-28-33-12-20(29)26(30)37-28/h4-6,9-12,17,31H,7-8,13-14H2,1-3H3,(H,34,41)(H2,30,33,37)(H,32,35,36,38)/t17-/m0/s1. The van der Waals surface area contributed by atoms with Crippen molar-refractivity contribution in [1.82, 2.24) is 39.6 Å². The van der Waals surface area contributed by atoms with Gasteiger partial charge in [0.15, 0.2) is 17.5 Å². The van der Waals surface area contributed by atoms with Crippen molar-refractivity contribution in [1.29, 1.82) is 0 Å². The molecular weight excluding hydrogens is 541 g/mol. The van der Waals surface area contributed by atoms with Crippen LogP contribution in [-0.2, 0) is 11.8 Å². The van der Waals surface area contributed by atoms with Crippen molar-refractivity contribution in [2.45, 2.75) is 26.4 Å². The number of nitrogens with two attached hydrogens (primary N) is 1. The number of para-hydroxylation sites is 1. The zero-order valence-electron chi connectivity index (χ0n) is 23.3. The summed E-state index contributed by atoms with van der Waals surface area (Å²) in [5, 5.41) is 11.5. The van der Waals surface area contributed by atoms with E-state index in [0.29, 0.717) is 37.0 Å². The van der Waals surface area contributed by atoms with Crippen molar-refractivity contribution in [2.24, 2.45) is 7.05 Å². The number of rotatable bonds is 8. The van der Waals surface area contributed by atoms with Crippen molar-refractivity contribution >= 4 is 40.1 Å². The topological polar surface area (TPSA) is 165 Å². The maximum absolute atomic E-state index is 13.3. The van der Waals surface area contributed by atoms with Crippen LogP contribution in [0.1, 0.15) is 17.7 Å². The van der Waals surface area contributed by atoms with Crippen molar-refractivity contribution in [3.05, 3.63) is 59.9 Å². The van der Waals surface area contributed by atoms with Gasteiger partial charge in [0.25, 0.3) is 0 Å². The number of ether oxygens (including phenoxy) is 1. The molecule has 4 aromatic heterocycles. The highest BCUT2D eigenvalue weighted by atomic mass is 19.1. The molecule has 5 N–H and O–H groups in total. The van der Waals surface area contributed by atoms with Crippen molar-refractivity contribution in [3.8, 4) is 17.3 Å². The third-order valence-electron chi connectivity index (χ3n) is 7.19. The average Bonchev–Trinajstić information content (AvgIpc) is 3.66. The van der Waals surface area contributed by atoms with Gasteiger partial charge in [0.1, 0.15) is 6.10 Å². The number of amides is 1. The van der Waals surface area contributed by atoms with Crippen molar-refractivity contribution < 1.29 is 13.9 Å². The van der Waals surface area contributed by atoms with Crippen LogP contribution >= 0.6 is 0 Å². The number of nitrogen functional groups attached to an aromatic ring is 1. The molecule has 5 heterocycles. The molecule has 1 aliphatic heterocycles. The first-order valence-electron chi connectivity index (χ1n) is 13.4. The van der Waals surface area contributed by atoms with E-state index in [0.717, 1.165) is 39.6 Å². The number of nitrogens with one attached hydrogen (secondary N) is 3. The Bertz CT molecular complexity index is 1760. The smallest absolute Gasteiger partial charge is 0.318 e. The van der Waals surface area contributed by atoms with Crippen LogP contribution in [0.25, 0.3) is 22.2 Å². The number of fused-ring (bicyclic) bond motifs is 1. The van der Waals surface area contributed by atoms with Crippen LogP contribution in [0.4, 0.5) is 27.7 Å². The minimum atomic E-state index is -0.694. The van der Waals surface area contributed by atoms with Crippen LogP contribution < -0.4 is 21.1 Å². The largest absolute Gasteiger partial charge is 0.459 e. The van der Waals surface area contributed by atoms with Crippen molar-refractivity contribution in [2.75, 3.05) is 36.0 Å². The number of hydrogen-bond donors (Lipinski definition) is 4. The Morgan fingerprint density at radius 3 is 2.88 bits per heavy atom. The number of likely N-dealkylation sites (tertiary alicyclic amines) is 1. The molecule has 0 saturated carbocycles. The SMILES string of the molecule is Cc1cnc(Nc2cc(C)n(C)n2)nc1-c1c[nH]c2c(NC(=O)CN3CC[C@H](Oc4ncc(F)c(N)n4)C3)cccc12. The number of anilines is 4. The molecule has 5 aromatic rings. The van der Waals surface area contributed by atoms with Gasteiger partial charge >= 0.3 is 6.01 Å². The molecule has 1 fully saturated rings. The molecular formula is C28H30FN11O2. The Kier molecular flexibility index (Phi) is 7.12. The third-order valence-corrected chi connectivity index (χ3v) is 7.19. The first kappa shape index (κ1) is 27.1. The molecule has 0 aliphatic carbocycles. The summed E-state index contributed by atoms with van der Waals surface area (Å²) < 4.78 is 20.8. The number of carbonyl (C=O) groups excluding carboxylic acids is 1. The number of H-pyrrole nitrogens is 1. The lowest BCUT2D eigenvalue weighted by Crippen LogP contribution is -2.33. The molecule has 1 aliphatic rings. The second-order valence-corrected chi connectivity index (χ2v) is 10.3. The van der Waals surface area contributed by atoms with E-state index in [1.54, 1.807) is 10.9 Å². The average molecular weight is 572 g/mol. The molecule has 42 heavy (non-hydrogen) atoms. The van der Waals surface area contributed by atoms with E-state index in [4.69, 9.17) is 15.5 Å². The number of nitrogens with zero attached hydrogens (tertiary/aromatic N) is 7. The van der Waals surface area contributed by atoms with Gasteiger partial charge in [-0.05, 0) is 31.9 Å². The summed E-state index contributed by atoms with van der Waals surface area (Å²) in [6.45, 7) is 5.28. The molecule has 0 unspecified atom stereocenters. The monoisotopic (exact) mass is 571 g/mol. The number of carbonyl (C=O) groups is 1. The van der Waals surface area contributed by atoms with E-state index in [9.17, 15) is 9.18 Å². The summed E-state index contributed by atoms with van der Waals surface area (Å²) in [6.07, 6.45) is 5.09. The minimum absolute atomic E-state index is 0.0214. The first-order valence-corrected chi connectivity index (χ1v) is 13.4. The summed E-state index contributed by atoms with van der Waals surface area (Å²) in [6, 6.07) is 7.69. The number of benzene rings is 1. The lowest BCUT2D eigenvalue weighted by Gasteiger charge is -2.16. The molecule has 14 heteroatoms. The van der Waals surface area contributed by atoms with Gasteiger partial charge in [-0.15, -0.1) is 0 Å². The molecule has 1 amide bonds. The molecule has 1 saturated heterocycles. The van der Waals surface area contributed by atoms with E-state index in [1.165, 1.54) is 0 Å². The molecule has 0 bridgehead atoms. The Hall–Kier alpha value is -5.11. The summed E-state index contributed by atoms with van der Waals surface area (Å²) in [4.78, 5) is 35.1. The zero-order valence-corrected chi connectivity index (χ0v) is 23.3. The second kappa shape index (κ2) is 11.0. The fraction of sp³-hybridized carbons (Fsp3) is 0.286. The fourth-order valence-electron chi connectivity index (χ4n) is 4.96. The fourth-order valence-corrected chi connectivity index (χ4v) is 4.96. The van der Waals surface area contributed by atoms with Gasteiger partial charge in [0.05, 0.1) is 29.6 Å². The highest BCUT2D eigenvalue weighted by Gasteiger charge is 2.27. The normalized spacial score (nSPS) is 15.3. The van der Waals surface area contributed by atoms with Gasteiger partial charge in [-0.3, -0.25) is 14.4 Å². The Morgan fingerprint density at radius 2 is 2.10 bits per heavy atom. The summed E-state index contributed by atoms with van der Waals surface area (Å²) >= 11 is 0. The van der Waals surface area contributed by atoms with E-state index in [1.807, 2.05) is 56.3 Å². The van der Waals surface area contributed by atoms with Crippen LogP contribution in [0, 0.1) is 19.7 Å². The molecule has 1 atom stereocenters. The van der Waals surface area contributed by atoms with Gasteiger partial charge in [0.2, 0.25) is 11.9 Å². The predicted molar refractivity (Wildman–Crippen MR) is 156 cm³/mol. The van der Waals surface area contributed by atoms with Crippen LogP contribution in [0.5, 0.6) is 6.01 Å². The van der Waals surface area contributed by atoms with E-state index in [-0.39, 0.29) is 30.4 Å². The predicted octanol–water partition coefficient (Wildman–Crippen LogP) is 3.32. The van der Waals surface area contributed by atoms with Gasteiger partial charge < -0.3 is 26.1 Å². The minimum Gasteiger partial charge on any atom is -0.459 e. The molecule has 216 valence electrons. The summed E-state index contributed by atoms with van der Waals surface area (Å²) in [5.74, 6) is -0.00630. The first-order chi connectivity index (χ1) is 20.2. The number of hydrogen-bond acceptors (Lipinski definition) is 10. The second-order valence-electron chi connectivity index (χ2n) is 10.3. The van der Waals surface area contributed by atoms with Crippen LogP contribution in [0.2, 0.25) is 0 Å². The number of aromatic amines is 1. The highest BCUT2D eigenvalue weighted by Crippen LogP contribution is 2.33. The highest BCUT2D eigenvalue weighted by molar-refractivity contribution is 6.06. The molecule has 1 aromatic carbocycles. The molecule has 0 radical (unpaired) electrons. The van der Waals surface area contributed by atoms with Crippen molar-refractivity contribution in [3.63, 3.8) is 0 Å². The Labute approximate surface area is 240 Å². The number of halogens is 1. The Morgan fingerprint density at radius 1 is 1.24 bits per heavy atom. The van der Waals surface area contributed by atoms with E-state index < -0.39 is 5.82 Å². The lowest BCUT2D eigenvalue weighted by molar-refractivity contribution is -0.117. The third kappa shape index (κ3) is 5.56. The molecule has 0 spiro atoms. The number of aromatic nitrogens is 7. The molecule has 6 rings (SSSR count). The maximum Gasteiger partial charge on any atom is 0.318 e. The Balaban J connectivity index is 1.13. The van der Waals surface area contributed by atoms with E-state index in [2.05, 4.69) is 35.7 Å². The quantitative estimate of drug-likeness (QED) is 0.217. The van der Waals surface area contributed by atoms with Gasteiger partial charge in [-0.1, -0.05) is 12.1 Å². The van der Waals surface area contributed by atoms with Crippen LogP contribution in [-0.4, -0.2) is 71.2 Å². The van der Waals surface area contributed by atoms with Gasteiger partial charge in [0, 0.05) is 55.2 Å². The van der Waals surface area contributed by atoms with Crippen LogP contribution in [0.3, 0.4) is 0 Å². The summed E-state index contributed by atoms with van der Waals surface area (Å²) in [5.41, 5.74) is 10.5. The maximum atomic E-state index is 13.3. The van der Waals surface area contributed by atoms with Crippen LogP contribution in [0.15, 0.2) is 42.9 Å².